The third-order valence-corrected chi connectivity index (χ3v) is 3.52. The number of aromatic nitrogens is 4. The van der Waals surface area contributed by atoms with Crippen molar-refractivity contribution in [2.24, 2.45) is 0 Å². The second-order valence-corrected chi connectivity index (χ2v) is 4.95. The van der Waals surface area contributed by atoms with Crippen molar-refractivity contribution in [3.8, 4) is 0 Å². The standard InChI is InChI=1S/C15H19N7/c1-2-4-16-13-11-14(20-12-19-13)21-7-9-22(10-8-21)15-17-5-3-6-18-15/h2-3,5-6,11-12H,1,4,7-10H2,(H,16,19,20). The highest BCUT2D eigenvalue weighted by Gasteiger charge is 2.19. The SMILES string of the molecule is C=CCNc1cc(N2CCN(c3ncccn3)CC2)ncn1. The third kappa shape index (κ3) is 3.30. The summed E-state index contributed by atoms with van der Waals surface area (Å²) >= 11 is 0. The van der Waals surface area contributed by atoms with Crippen LogP contribution in [0.2, 0.25) is 0 Å². The Bertz CT molecular complexity index is 608. The van der Waals surface area contributed by atoms with Gasteiger partial charge in [-0.25, -0.2) is 19.9 Å². The zero-order valence-electron chi connectivity index (χ0n) is 12.4. The molecule has 2 aromatic rings. The molecule has 0 radical (unpaired) electrons. The quantitative estimate of drug-likeness (QED) is 0.831. The van der Waals surface area contributed by atoms with Crippen molar-refractivity contribution in [2.75, 3.05) is 47.8 Å². The van der Waals surface area contributed by atoms with E-state index in [0.29, 0.717) is 6.54 Å². The number of hydrogen-bond donors (Lipinski definition) is 1. The van der Waals surface area contributed by atoms with Crippen molar-refractivity contribution in [2.45, 2.75) is 0 Å². The minimum Gasteiger partial charge on any atom is -0.366 e. The molecule has 3 heterocycles. The molecule has 1 aliphatic heterocycles. The molecule has 0 saturated carbocycles. The Morgan fingerprint density at radius 1 is 1.05 bits per heavy atom. The molecule has 0 bridgehead atoms. The lowest BCUT2D eigenvalue weighted by Gasteiger charge is -2.35. The molecule has 3 rings (SSSR count). The monoisotopic (exact) mass is 297 g/mol. The Labute approximate surface area is 129 Å². The van der Waals surface area contributed by atoms with Crippen molar-refractivity contribution in [1.29, 1.82) is 0 Å². The Kier molecular flexibility index (Phi) is 4.43. The Morgan fingerprint density at radius 2 is 1.77 bits per heavy atom. The van der Waals surface area contributed by atoms with Crippen LogP contribution in [0.5, 0.6) is 0 Å². The topological polar surface area (TPSA) is 70.1 Å². The van der Waals surface area contributed by atoms with Gasteiger partial charge in [-0.15, -0.1) is 6.58 Å². The summed E-state index contributed by atoms with van der Waals surface area (Å²) < 4.78 is 0. The van der Waals surface area contributed by atoms with E-state index in [1.807, 2.05) is 12.1 Å². The van der Waals surface area contributed by atoms with Gasteiger partial charge in [0, 0.05) is 51.2 Å². The number of hydrogen-bond acceptors (Lipinski definition) is 7. The van der Waals surface area contributed by atoms with Crippen LogP contribution in [-0.2, 0) is 0 Å². The number of piperazine rings is 1. The van der Waals surface area contributed by atoms with Gasteiger partial charge in [-0.1, -0.05) is 6.08 Å². The first kappa shape index (κ1) is 14.2. The Hall–Kier alpha value is -2.70. The normalized spacial score (nSPS) is 14.7. The lowest BCUT2D eigenvalue weighted by atomic mass is 10.3. The lowest BCUT2D eigenvalue weighted by Crippen LogP contribution is -2.47. The maximum atomic E-state index is 4.37. The molecule has 1 N–H and O–H groups in total. The maximum absolute atomic E-state index is 4.37. The van der Waals surface area contributed by atoms with Crippen molar-refractivity contribution in [3.63, 3.8) is 0 Å². The fourth-order valence-corrected chi connectivity index (χ4v) is 2.38. The van der Waals surface area contributed by atoms with E-state index in [0.717, 1.165) is 43.8 Å². The van der Waals surface area contributed by atoms with E-state index in [4.69, 9.17) is 0 Å². The zero-order valence-corrected chi connectivity index (χ0v) is 12.4. The largest absolute Gasteiger partial charge is 0.366 e. The van der Waals surface area contributed by atoms with Crippen LogP contribution in [-0.4, -0.2) is 52.7 Å². The van der Waals surface area contributed by atoms with Crippen LogP contribution < -0.4 is 15.1 Å². The summed E-state index contributed by atoms with van der Waals surface area (Å²) in [6, 6.07) is 3.80. The number of rotatable bonds is 5. The molecule has 0 unspecified atom stereocenters. The van der Waals surface area contributed by atoms with Crippen LogP contribution in [0.1, 0.15) is 0 Å². The minimum absolute atomic E-state index is 0.690. The van der Waals surface area contributed by atoms with E-state index in [9.17, 15) is 0 Å². The maximum Gasteiger partial charge on any atom is 0.225 e. The van der Waals surface area contributed by atoms with Gasteiger partial charge in [0.2, 0.25) is 5.95 Å². The predicted octanol–water partition coefficient (Wildman–Crippen LogP) is 1.19. The second-order valence-electron chi connectivity index (χ2n) is 4.95. The molecule has 1 saturated heterocycles. The van der Waals surface area contributed by atoms with E-state index in [-0.39, 0.29) is 0 Å². The molecular formula is C15H19N7. The highest BCUT2D eigenvalue weighted by molar-refractivity contribution is 5.50. The van der Waals surface area contributed by atoms with E-state index in [2.05, 4.69) is 41.6 Å². The summed E-state index contributed by atoms with van der Waals surface area (Å²) in [6.07, 6.45) is 6.95. The van der Waals surface area contributed by atoms with E-state index in [1.165, 1.54) is 0 Å². The molecule has 2 aromatic heterocycles. The van der Waals surface area contributed by atoms with E-state index in [1.54, 1.807) is 24.8 Å². The van der Waals surface area contributed by atoms with Gasteiger partial charge < -0.3 is 15.1 Å². The molecule has 0 amide bonds. The molecule has 0 spiro atoms. The molecule has 0 aromatic carbocycles. The fraction of sp³-hybridized carbons (Fsp3) is 0.333. The highest BCUT2D eigenvalue weighted by Crippen LogP contribution is 2.17. The van der Waals surface area contributed by atoms with E-state index >= 15 is 0 Å². The summed E-state index contributed by atoms with van der Waals surface area (Å²) in [7, 11) is 0. The molecule has 7 nitrogen and oxygen atoms in total. The summed E-state index contributed by atoms with van der Waals surface area (Å²) in [4.78, 5) is 21.6. The average Bonchev–Trinajstić information content (AvgIpc) is 2.61. The lowest BCUT2D eigenvalue weighted by molar-refractivity contribution is 0.634. The highest BCUT2D eigenvalue weighted by atomic mass is 15.3. The fourth-order valence-electron chi connectivity index (χ4n) is 2.38. The molecule has 1 aliphatic rings. The predicted molar refractivity (Wildman–Crippen MR) is 87.2 cm³/mol. The smallest absolute Gasteiger partial charge is 0.225 e. The number of nitrogens with zero attached hydrogens (tertiary/aromatic N) is 6. The van der Waals surface area contributed by atoms with Crippen molar-refractivity contribution >= 4 is 17.6 Å². The number of anilines is 3. The van der Waals surface area contributed by atoms with E-state index < -0.39 is 0 Å². The van der Waals surface area contributed by atoms with Crippen LogP contribution in [0.4, 0.5) is 17.6 Å². The van der Waals surface area contributed by atoms with Gasteiger partial charge in [-0.2, -0.15) is 0 Å². The van der Waals surface area contributed by atoms with Crippen molar-refractivity contribution in [3.05, 3.63) is 43.5 Å². The first-order chi connectivity index (χ1) is 10.9. The summed E-state index contributed by atoms with van der Waals surface area (Å²) in [5, 5.41) is 3.18. The van der Waals surface area contributed by atoms with Gasteiger partial charge in [-0.3, -0.25) is 0 Å². The van der Waals surface area contributed by atoms with Crippen LogP contribution in [0.3, 0.4) is 0 Å². The van der Waals surface area contributed by atoms with Crippen LogP contribution >= 0.6 is 0 Å². The summed E-state index contributed by atoms with van der Waals surface area (Å²) in [5.41, 5.74) is 0. The van der Waals surface area contributed by atoms with Crippen molar-refractivity contribution in [1.82, 2.24) is 19.9 Å². The molecule has 0 aliphatic carbocycles. The molecule has 0 atom stereocenters. The van der Waals surface area contributed by atoms with Crippen LogP contribution in [0.25, 0.3) is 0 Å². The first-order valence-corrected chi connectivity index (χ1v) is 7.30. The average molecular weight is 297 g/mol. The first-order valence-electron chi connectivity index (χ1n) is 7.30. The zero-order chi connectivity index (χ0) is 15.2. The summed E-state index contributed by atoms with van der Waals surface area (Å²) in [5.74, 6) is 2.55. The van der Waals surface area contributed by atoms with Gasteiger partial charge in [0.1, 0.15) is 18.0 Å². The third-order valence-electron chi connectivity index (χ3n) is 3.52. The van der Waals surface area contributed by atoms with Gasteiger partial charge in [0.15, 0.2) is 0 Å². The summed E-state index contributed by atoms with van der Waals surface area (Å²) in [6.45, 7) is 7.91. The molecular weight excluding hydrogens is 278 g/mol. The van der Waals surface area contributed by atoms with Crippen molar-refractivity contribution < 1.29 is 0 Å². The van der Waals surface area contributed by atoms with Gasteiger partial charge in [-0.05, 0) is 6.07 Å². The molecule has 1 fully saturated rings. The van der Waals surface area contributed by atoms with Gasteiger partial charge in [0.25, 0.3) is 0 Å². The second kappa shape index (κ2) is 6.84. The molecule has 22 heavy (non-hydrogen) atoms. The van der Waals surface area contributed by atoms with Crippen LogP contribution in [0.15, 0.2) is 43.5 Å². The molecule has 114 valence electrons. The van der Waals surface area contributed by atoms with Gasteiger partial charge in [0.05, 0.1) is 0 Å². The molecule has 7 heteroatoms. The van der Waals surface area contributed by atoms with Crippen LogP contribution in [0, 0.1) is 0 Å². The Morgan fingerprint density at radius 3 is 2.50 bits per heavy atom. The minimum atomic E-state index is 0.690. The number of nitrogens with one attached hydrogen (secondary N) is 1. The van der Waals surface area contributed by atoms with Gasteiger partial charge >= 0.3 is 0 Å². The Balaban J connectivity index is 1.62.